The van der Waals surface area contributed by atoms with Crippen molar-refractivity contribution in [1.82, 2.24) is 9.97 Å². The Kier molecular flexibility index (Phi) is 19.3. The molecule has 2 aromatic heterocycles. The first-order valence-corrected chi connectivity index (χ1v) is 27.6. The van der Waals surface area contributed by atoms with Crippen molar-refractivity contribution < 1.29 is 34.1 Å². The molecule has 0 radical (unpaired) electrons. The molecule has 2 atom stereocenters. The Morgan fingerprint density at radius 2 is 0.662 bits per heavy atom. The average molecular weight is 1030 g/mol. The summed E-state index contributed by atoms with van der Waals surface area (Å²) in [5, 5.41) is 6.73. The van der Waals surface area contributed by atoms with Gasteiger partial charge >= 0.3 is 34.5 Å². The molecule has 8 aromatic rings. The summed E-state index contributed by atoms with van der Waals surface area (Å²) in [6.45, 7) is 0. The summed E-state index contributed by atoms with van der Waals surface area (Å²) in [5.41, 5.74) is 16.0. The van der Waals surface area contributed by atoms with Crippen LogP contribution >= 0.6 is 35.2 Å². The van der Waals surface area contributed by atoms with E-state index < -0.39 is 15.8 Å². The van der Waals surface area contributed by atoms with Crippen molar-refractivity contribution in [2.24, 2.45) is 11.5 Å². The van der Waals surface area contributed by atoms with Gasteiger partial charge in [0.2, 0.25) is 23.5 Å². The Balaban J connectivity index is 0.000000306. The average Bonchev–Trinajstić information content (AvgIpc) is 3.38. The standard InChI is InChI=1S/C38H34N2O4P2.C14H16N2.2ClH.Ru/c1-41-33-25-31(45(27-17-9-5-10-18-27)28-19-11-6-12-20-28)35(37(39-33)43-3)36-32(26-34(42-2)40-38(36)44-4)46(29-21-13-7-14-22-29)30-23-15-8-16-24-30;15-13(11-7-3-1-4-8-11)14(16)12-9-5-2-6-10-12;;;/h5-26H,1-4H3;1-10,13-14H,15-16H2;2*1H;/q;;;;+2/p-2/t;13-,14-;;;/m.1.../s1. The number of rotatable bonds is 14. The molecule has 8 nitrogen and oxygen atoms in total. The predicted molar refractivity (Wildman–Crippen MR) is 270 cm³/mol. The molecule has 0 aliphatic carbocycles. The van der Waals surface area contributed by atoms with Gasteiger partial charge in [0.05, 0.1) is 39.6 Å². The minimum absolute atomic E-state index is 0.163. The van der Waals surface area contributed by atoms with Crippen molar-refractivity contribution in [3.63, 3.8) is 0 Å². The molecule has 13 heteroatoms. The molecule has 4 N–H and O–H groups in total. The number of hydrogen-bond donors (Lipinski definition) is 2. The van der Waals surface area contributed by atoms with Crippen LogP contribution in [-0.4, -0.2) is 38.4 Å². The van der Waals surface area contributed by atoms with E-state index >= 15 is 0 Å². The molecule has 0 saturated heterocycles. The SMILES string of the molecule is COc1cc(P(c2ccccc2)c2ccccc2)c(-c2c(P(c3ccccc3)c3ccccc3)cc(OC)nc2OC)c(OC)n1.N[C@H](c1ccccc1)[C@H](N)c1ccccc1.[Cl][Ru][Cl]. The molecule has 0 fully saturated rings. The van der Waals surface area contributed by atoms with Gasteiger partial charge in [-0.3, -0.25) is 0 Å². The number of methoxy groups -OCH3 is 4. The first kappa shape index (κ1) is 49.2. The van der Waals surface area contributed by atoms with Crippen molar-refractivity contribution in [2.75, 3.05) is 28.4 Å². The van der Waals surface area contributed by atoms with E-state index in [1.54, 1.807) is 28.4 Å². The van der Waals surface area contributed by atoms with E-state index in [9.17, 15) is 0 Å². The molecule has 6 aromatic carbocycles. The Bertz CT molecular complexity index is 2390. The van der Waals surface area contributed by atoms with E-state index in [1.165, 1.54) is 21.2 Å². The Morgan fingerprint density at radius 1 is 0.415 bits per heavy atom. The zero-order chi connectivity index (χ0) is 46.0. The van der Waals surface area contributed by atoms with Crippen LogP contribution in [0.1, 0.15) is 23.2 Å². The Labute approximate surface area is 400 Å². The number of nitrogens with zero attached hydrogens (tertiary/aromatic N) is 2. The summed E-state index contributed by atoms with van der Waals surface area (Å²) in [7, 11) is 14.0. The van der Waals surface area contributed by atoms with Crippen molar-refractivity contribution in [3.8, 4) is 34.6 Å². The van der Waals surface area contributed by atoms with Crippen molar-refractivity contribution >= 4 is 67.1 Å². The quantitative estimate of drug-likeness (QED) is 0.0819. The second-order valence-electron chi connectivity index (χ2n) is 14.1. The number of halogens is 2. The first-order valence-electron chi connectivity index (χ1n) is 20.4. The summed E-state index contributed by atoms with van der Waals surface area (Å²) in [4.78, 5) is 9.68. The van der Waals surface area contributed by atoms with Gasteiger partial charge in [-0.1, -0.05) is 182 Å². The summed E-state index contributed by atoms with van der Waals surface area (Å²) in [5.74, 6) is 1.78. The molecule has 0 spiro atoms. The van der Waals surface area contributed by atoms with Crippen LogP contribution in [0.15, 0.2) is 194 Å². The van der Waals surface area contributed by atoms with E-state index in [2.05, 4.69) is 97.1 Å². The van der Waals surface area contributed by atoms with Crippen LogP contribution in [0.4, 0.5) is 0 Å². The van der Waals surface area contributed by atoms with Gasteiger partial charge in [-0.2, -0.15) is 9.97 Å². The molecule has 0 aliphatic rings. The first-order chi connectivity index (χ1) is 31.9. The van der Waals surface area contributed by atoms with Crippen molar-refractivity contribution in [3.05, 3.63) is 205 Å². The van der Waals surface area contributed by atoms with Gasteiger partial charge in [-0.05, 0) is 48.2 Å². The third kappa shape index (κ3) is 12.6. The van der Waals surface area contributed by atoms with Crippen LogP contribution in [-0.2, 0) is 15.1 Å². The molecule has 2 heterocycles. The zero-order valence-corrected chi connectivity index (χ0v) is 41.4. The summed E-state index contributed by atoms with van der Waals surface area (Å²) in [6, 6.07) is 65.8. The van der Waals surface area contributed by atoms with Gasteiger partial charge in [0, 0.05) is 34.8 Å². The molecular formula is C52H50Cl2N4O4P2Ru. The number of aromatic nitrogens is 2. The topological polar surface area (TPSA) is 115 Å². The number of benzene rings is 6. The van der Waals surface area contributed by atoms with E-state index in [0.717, 1.165) is 32.9 Å². The molecule has 334 valence electrons. The molecule has 65 heavy (non-hydrogen) atoms. The Morgan fingerprint density at radius 3 is 0.892 bits per heavy atom. The summed E-state index contributed by atoms with van der Waals surface area (Å²) >= 11 is -0.346. The van der Waals surface area contributed by atoms with Crippen LogP contribution in [0.2, 0.25) is 0 Å². The van der Waals surface area contributed by atoms with E-state index in [0.29, 0.717) is 23.5 Å². The maximum absolute atomic E-state index is 6.15. The van der Waals surface area contributed by atoms with Crippen LogP contribution < -0.4 is 62.2 Å². The second-order valence-corrected chi connectivity index (χ2v) is 21.1. The summed E-state index contributed by atoms with van der Waals surface area (Å²) in [6.07, 6.45) is 0. The number of hydrogen-bond acceptors (Lipinski definition) is 8. The van der Waals surface area contributed by atoms with Crippen molar-refractivity contribution in [1.29, 1.82) is 0 Å². The van der Waals surface area contributed by atoms with E-state index in [1.807, 2.05) is 97.1 Å². The minimum atomic E-state index is -1.11. The molecule has 0 saturated carbocycles. The normalized spacial score (nSPS) is 11.7. The van der Waals surface area contributed by atoms with E-state index in [4.69, 9.17) is 59.8 Å². The molecule has 8 rings (SSSR count). The van der Waals surface area contributed by atoms with Gasteiger partial charge in [0.1, 0.15) is 0 Å². The van der Waals surface area contributed by atoms with Crippen LogP contribution in [0.5, 0.6) is 23.5 Å². The molecule has 0 aliphatic heterocycles. The van der Waals surface area contributed by atoms with Crippen molar-refractivity contribution in [2.45, 2.75) is 12.1 Å². The fourth-order valence-electron chi connectivity index (χ4n) is 7.23. The third-order valence-corrected chi connectivity index (χ3v) is 15.2. The molecule has 0 amide bonds. The maximum atomic E-state index is 6.15. The van der Waals surface area contributed by atoms with Crippen LogP contribution in [0.3, 0.4) is 0 Å². The monoisotopic (exact) mass is 1030 g/mol. The van der Waals surface area contributed by atoms with Gasteiger partial charge in [-0.25, -0.2) is 0 Å². The summed E-state index contributed by atoms with van der Waals surface area (Å²) < 4.78 is 23.8. The number of pyridine rings is 2. The molecule has 0 unspecified atom stereocenters. The van der Waals surface area contributed by atoms with E-state index in [-0.39, 0.29) is 27.2 Å². The van der Waals surface area contributed by atoms with Gasteiger partial charge < -0.3 is 30.4 Å². The van der Waals surface area contributed by atoms with Gasteiger partial charge in [0.15, 0.2) is 0 Å². The predicted octanol–water partition coefficient (Wildman–Crippen LogP) is 9.46. The fourth-order valence-corrected chi connectivity index (χ4v) is 12.2. The second kappa shape index (κ2) is 25.5. The molecule has 0 bridgehead atoms. The fraction of sp³-hybridized carbons (Fsp3) is 0.115. The number of ether oxygens (including phenoxy) is 4. The number of nitrogens with two attached hydrogens (primary N) is 2. The van der Waals surface area contributed by atoms with Crippen LogP contribution in [0.25, 0.3) is 11.1 Å². The zero-order valence-electron chi connectivity index (χ0n) is 36.3. The van der Waals surface area contributed by atoms with Gasteiger partial charge in [0.25, 0.3) is 0 Å². The van der Waals surface area contributed by atoms with Crippen LogP contribution in [0, 0.1) is 0 Å². The molecular weight excluding hydrogens is 979 g/mol. The third-order valence-electron chi connectivity index (χ3n) is 10.2. The van der Waals surface area contributed by atoms with Gasteiger partial charge in [-0.15, -0.1) is 0 Å². The Hall–Kier alpha value is -5.20.